The van der Waals surface area contributed by atoms with Crippen molar-refractivity contribution in [3.05, 3.63) is 72.3 Å². The predicted octanol–water partition coefficient (Wildman–Crippen LogP) is 4.56. The van der Waals surface area contributed by atoms with E-state index in [1.54, 1.807) is 12.5 Å². The fourth-order valence-electron chi connectivity index (χ4n) is 4.23. The van der Waals surface area contributed by atoms with Crippen LogP contribution < -0.4 is 5.32 Å². The summed E-state index contributed by atoms with van der Waals surface area (Å²) in [5.74, 6) is 2.19. The first-order valence-corrected chi connectivity index (χ1v) is 11.6. The highest BCUT2D eigenvalue weighted by Crippen LogP contribution is 2.27. The van der Waals surface area contributed by atoms with Crippen molar-refractivity contribution in [2.24, 2.45) is 13.0 Å². The van der Waals surface area contributed by atoms with E-state index in [1.165, 1.54) is 0 Å². The number of aromatic nitrogens is 6. The molecule has 0 radical (unpaired) electrons. The zero-order valence-electron chi connectivity index (χ0n) is 19.9. The van der Waals surface area contributed by atoms with E-state index in [9.17, 15) is 4.79 Å². The number of nitrogens with one attached hydrogen (secondary N) is 2. The molecule has 2 aromatic carbocycles. The van der Waals surface area contributed by atoms with Crippen molar-refractivity contribution in [2.75, 3.05) is 6.54 Å². The first-order chi connectivity index (χ1) is 16.4. The van der Waals surface area contributed by atoms with Gasteiger partial charge in [0.2, 0.25) is 0 Å². The molecule has 2 N–H and O–H groups in total. The number of aryl methyl sites for hydroxylation is 1. The second-order valence-corrected chi connectivity index (χ2v) is 9.19. The van der Waals surface area contributed by atoms with Crippen molar-refractivity contribution >= 4 is 28.0 Å². The zero-order valence-corrected chi connectivity index (χ0v) is 19.9. The molecule has 5 aromatic rings. The summed E-state index contributed by atoms with van der Waals surface area (Å²) in [7, 11) is 1.99. The van der Waals surface area contributed by atoms with Gasteiger partial charge in [0.15, 0.2) is 0 Å². The summed E-state index contributed by atoms with van der Waals surface area (Å²) in [4.78, 5) is 29.9. The van der Waals surface area contributed by atoms with Crippen LogP contribution in [0.3, 0.4) is 0 Å². The molecule has 0 saturated carbocycles. The Kier molecular flexibility index (Phi) is 5.65. The fraction of sp³-hybridized carbons (Fsp3) is 0.308. The first-order valence-electron chi connectivity index (χ1n) is 11.6. The van der Waals surface area contributed by atoms with Gasteiger partial charge in [-0.3, -0.25) is 4.79 Å². The summed E-state index contributed by atoms with van der Waals surface area (Å²) in [6, 6.07) is 11.8. The lowest BCUT2D eigenvalue weighted by molar-refractivity contribution is 0.0952. The van der Waals surface area contributed by atoms with Crippen molar-refractivity contribution in [2.45, 2.75) is 33.1 Å². The van der Waals surface area contributed by atoms with Crippen LogP contribution in [0.4, 0.5) is 0 Å². The summed E-state index contributed by atoms with van der Waals surface area (Å²) >= 11 is 0. The number of nitrogens with zero attached hydrogens (tertiary/aromatic N) is 5. The minimum atomic E-state index is -0.0515. The van der Waals surface area contributed by atoms with Gasteiger partial charge in [-0.1, -0.05) is 13.8 Å². The standard InChI is InChI=1S/C26H29N7O/c1-16(2)9-10-28-26(34)18-5-7-21-23(13-18)32(4)25(31-21)17(3)24-29-20-8-6-19(14-22(20)30-24)33-12-11-27-15-33/h5-8,11-17H,9-10H2,1-4H3,(H,28,34)(H,29,30). The van der Waals surface area contributed by atoms with Crippen LogP contribution in [0.15, 0.2) is 55.1 Å². The molecule has 0 bridgehead atoms. The van der Waals surface area contributed by atoms with Gasteiger partial charge in [0.25, 0.3) is 5.91 Å². The lowest BCUT2D eigenvalue weighted by Gasteiger charge is -2.09. The monoisotopic (exact) mass is 455 g/mol. The third-order valence-electron chi connectivity index (χ3n) is 6.27. The van der Waals surface area contributed by atoms with Crippen LogP contribution in [0.1, 0.15) is 55.1 Å². The molecule has 34 heavy (non-hydrogen) atoms. The van der Waals surface area contributed by atoms with Gasteiger partial charge < -0.3 is 19.4 Å². The Balaban J connectivity index is 1.42. The molecule has 0 spiro atoms. The first kappa shape index (κ1) is 21.9. The SMILES string of the molecule is CC(C)CCNC(=O)c1ccc2nc(C(C)c3nc4cc(-n5ccnc5)ccc4[nH]3)n(C)c2c1. The Hall–Kier alpha value is -3.94. The summed E-state index contributed by atoms with van der Waals surface area (Å²) in [6.45, 7) is 7.07. The molecule has 0 aliphatic rings. The molecule has 0 saturated heterocycles. The van der Waals surface area contributed by atoms with E-state index in [2.05, 4.69) is 40.6 Å². The number of hydrogen-bond acceptors (Lipinski definition) is 4. The Labute approximate surface area is 198 Å². The maximum absolute atomic E-state index is 12.6. The average molecular weight is 456 g/mol. The highest BCUT2D eigenvalue weighted by molar-refractivity contribution is 5.97. The van der Waals surface area contributed by atoms with Gasteiger partial charge in [-0.05, 0) is 55.7 Å². The van der Waals surface area contributed by atoms with Gasteiger partial charge >= 0.3 is 0 Å². The molecule has 174 valence electrons. The van der Waals surface area contributed by atoms with Gasteiger partial charge in [0.05, 0.1) is 34.3 Å². The maximum atomic E-state index is 12.6. The third-order valence-corrected chi connectivity index (χ3v) is 6.27. The quantitative estimate of drug-likeness (QED) is 0.376. The average Bonchev–Trinajstić information content (AvgIpc) is 3.56. The van der Waals surface area contributed by atoms with E-state index in [1.807, 2.05) is 54.2 Å². The number of imidazole rings is 3. The molecule has 8 nitrogen and oxygen atoms in total. The van der Waals surface area contributed by atoms with Gasteiger partial charge in [-0.2, -0.15) is 0 Å². The molecule has 0 fully saturated rings. The normalized spacial score (nSPS) is 12.6. The van der Waals surface area contributed by atoms with Crippen molar-refractivity contribution in [3.63, 3.8) is 0 Å². The minimum Gasteiger partial charge on any atom is -0.352 e. The topological polar surface area (TPSA) is 93.4 Å². The van der Waals surface area contributed by atoms with Gasteiger partial charge in [-0.25, -0.2) is 15.0 Å². The zero-order chi connectivity index (χ0) is 23.8. The number of hydrogen-bond donors (Lipinski definition) is 2. The number of H-pyrrole nitrogens is 1. The molecule has 1 atom stereocenters. The van der Waals surface area contributed by atoms with Gasteiger partial charge in [0.1, 0.15) is 11.6 Å². The van der Waals surface area contributed by atoms with Crippen LogP contribution in [0.2, 0.25) is 0 Å². The molecular formula is C26H29N7O. The minimum absolute atomic E-state index is 0.0511. The molecule has 1 unspecified atom stereocenters. The maximum Gasteiger partial charge on any atom is 0.251 e. The number of fused-ring (bicyclic) bond motifs is 2. The molecule has 0 aliphatic carbocycles. The van der Waals surface area contributed by atoms with Crippen LogP contribution >= 0.6 is 0 Å². The number of rotatable bonds is 7. The molecule has 3 heterocycles. The van der Waals surface area contributed by atoms with Crippen molar-refractivity contribution < 1.29 is 4.79 Å². The highest BCUT2D eigenvalue weighted by Gasteiger charge is 2.20. The van der Waals surface area contributed by atoms with Crippen LogP contribution in [0.25, 0.3) is 27.8 Å². The lowest BCUT2D eigenvalue weighted by Crippen LogP contribution is -2.25. The van der Waals surface area contributed by atoms with E-state index in [-0.39, 0.29) is 11.8 Å². The Morgan fingerprint density at radius 2 is 1.94 bits per heavy atom. The summed E-state index contributed by atoms with van der Waals surface area (Å²) in [6.07, 6.45) is 6.41. The van der Waals surface area contributed by atoms with E-state index < -0.39 is 0 Å². The summed E-state index contributed by atoms with van der Waals surface area (Å²) in [5, 5.41) is 3.01. The largest absolute Gasteiger partial charge is 0.352 e. The third kappa shape index (κ3) is 4.07. The van der Waals surface area contributed by atoms with E-state index in [4.69, 9.17) is 9.97 Å². The molecule has 0 aliphatic heterocycles. The Morgan fingerprint density at radius 3 is 2.71 bits per heavy atom. The molecule has 3 aromatic heterocycles. The Morgan fingerprint density at radius 1 is 1.09 bits per heavy atom. The fourth-order valence-corrected chi connectivity index (χ4v) is 4.23. The van der Waals surface area contributed by atoms with Crippen LogP contribution in [-0.2, 0) is 7.05 Å². The molecule has 8 heteroatoms. The second-order valence-electron chi connectivity index (χ2n) is 9.19. The summed E-state index contributed by atoms with van der Waals surface area (Å²) < 4.78 is 4.01. The molecule has 5 rings (SSSR count). The van der Waals surface area contributed by atoms with Crippen LogP contribution in [0, 0.1) is 5.92 Å². The van der Waals surface area contributed by atoms with Gasteiger partial charge in [0, 0.05) is 37.2 Å². The predicted molar refractivity (Wildman–Crippen MR) is 133 cm³/mol. The summed E-state index contributed by atoms with van der Waals surface area (Å²) in [5.41, 5.74) is 5.32. The molecule has 1 amide bonds. The van der Waals surface area contributed by atoms with E-state index in [0.717, 1.165) is 45.8 Å². The Bertz CT molecular complexity index is 1460. The van der Waals surface area contributed by atoms with Crippen LogP contribution in [-0.4, -0.2) is 41.5 Å². The number of amides is 1. The highest BCUT2D eigenvalue weighted by atomic mass is 16.1. The molecular weight excluding hydrogens is 426 g/mol. The lowest BCUT2D eigenvalue weighted by atomic mass is 10.1. The number of carbonyl (C=O) groups excluding carboxylic acids is 1. The van der Waals surface area contributed by atoms with E-state index >= 15 is 0 Å². The van der Waals surface area contributed by atoms with Crippen molar-refractivity contribution in [1.82, 2.24) is 34.4 Å². The number of benzene rings is 2. The van der Waals surface area contributed by atoms with Crippen LogP contribution in [0.5, 0.6) is 0 Å². The number of carbonyl (C=O) groups is 1. The number of aromatic amines is 1. The van der Waals surface area contributed by atoms with E-state index in [0.29, 0.717) is 18.0 Å². The van der Waals surface area contributed by atoms with Crippen molar-refractivity contribution in [3.8, 4) is 5.69 Å². The van der Waals surface area contributed by atoms with Crippen molar-refractivity contribution in [1.29, 1.82) is 0 Å². The second kappa shape index (κ2) is 8.78. The van der Waals surface area contributed by atoms with Gasteiger partial charge in [-0.15, -0.1) is 0 Å². The smallest absolute Gasteiger partial charge is 0.251 e.